The maximum absolute atomic E-state index is 11.2. The largest absolute Gasteiger partial charge is 0.291 e. The molecule has 2 aromatic carbocycles. The van der Waals surface area contributed by atoms with Crippen LogP contribution in [0.1, 0.15) is 25.3 Å². The van der Waals surface area contributed by atoms with Gasteiger partial charge in [0.1, 0.15) is 4.90 Å². The molecule has 0 heterocycles. The van der Waals surface area contributed by atoms with Gasteiger partial charge in [-0.2, -0.15) is 0 Å². The smallest absolute Gasteiger partial charge is 0.258 e. The quantitative estimate of drug-likeness (QED) is 0.438. The van der Waals surface area contributed by atoms with E-state index in [4.69, 9.17) is 0 Å². The van der Waals surface area contributed by atoms with E-state index in [-0.39, 0.29) is 16.8 Å². The molecular formula is C17H15N3O4S. The number of nitro groups is 2. The molecule has 0 radical (unpaired) electrons. The zero-order valence-electron chi connectivity index (χ0n) is 13.4. The van der Waals surface area contributed by atoms with Crippen molar-refractivity contribution in [2.45, 2.75) is 30.1 Å². The molecule has 0 N–H and O–H groups in total. The van der Waals surface area contributed by atoms with Crippen LogP contribution >= 0.6 is 11.9 Å². The highest BCUT2D eigenvalue weighted by Gasteiger charge is 2.40. The fraction of sp³-hybridized carbons (Fsp3) is 0.235. The van der Waals surface area contributed by atoms with E-state index >= 15 is 0 Å². The van der Waals surface area contributed by atoms with Crippen molar-refractivity contribution in [3.8, 4) is 0 Å². The van der Waals surface area contributed by atoms with Crippen molar-refractivity contribution in [2.24, 2.45) is 4.40 Å². The van der Waals surface area contributed by atoms with Gasteiger partial charge in [0.2, 0.25) is 0 Å². The van der Waals surface area contributed by atoms with E-state index in [1.54, 1.807) is 0 Å². The molecule has 3 rings (SSSR count). The molecule has 0 saturated heterocycles. The molecule has 1 aliphatic carbocycles. The second-order valence-corrected chi connectivity index (χ2v) is 6.80. The minimum absolute atomic E-state index is 0.163. The van der Waals surface area contributed by atoms with E-state index in [1.165, 1.54) is 17.7 Å². The van der Waals surface area contributed by atoms with Crippen LogP contribution in [0.4, 0.5) is 11.4 Å². The Morgan fingerprint density at radius 3 is 2.36 bits per heavy atom. The molecule has 1 atom stereocenters. The summed E-state index contributed by atoms with van der Waals surface area (Å²) in [7, 11) is 0. The summed E-state index contributed by atoms with van der Waals surface area (Å²) >= 11 is 1.00. The van der Waals surface area contributed by atoms with Crippen molar-refractivity contribution in [2.75, 3.05) is 0 Å². The molecule has 1 fully saturated rings. The summed E-state index contributed by atoms with van der Waals surface area (Å²) in [6, 6.07) is 13.6. The number of hydrogen-bond acceptors (Lipinski definition) is 6. The molecule has 2 aromatic rings. The first-order valence-electron chi connectivity index (χ1n) is 7.64. The van der Waals surface area contributed by atoms with Crippen LogP contribution in [0.15, 0.2) is 57.8 Å². The second-order valence-electron chi connectivity index (χ2n) is 5.99. The van der Waals surface area contributed by atoms with Crippen LogP contribution in [-0.2, 0) is 5.41 Å². The summed E-state index contributed by atoms with van der Waals surface area (Å²) in [5.41, 5.74) is 1.37. The molecular weight excluding hydrogens is 342 g/mol. The highest BCUT2D eigenvalue weighted by Crippen LogP contribution is 2.43. The standard InChI is InChI=1S/C17H15N3O4S/c1-17(12-5-3-2-4-6-12)10-9-16(17)18-25-15-8-7-13(19(21)22)11-14(15)20(23)24/h2-8,11H,9-10H2,1H3/b18-16+. The molecule has 128 valence electrons. The van der Waals surface area contributed by atoms with Crippen LogP contribution in [0.2, 0.25) is 0 Å². The lowest BCUT2D eigenvalue weighted by molar-refractivity contribution is -0.396. The van der Waals surface area contributed by atoms with Gasteiger partial charge in [0.15, 0.2) is 0 Å². The average Bonchev–Trinajstić information content (AvgIpc) is 2.60. The summed E-state index contributed by atoms with van der Waals surface area (Å²) in [4.78, 5) is 21.0. The highest BCUT2D eigenvalue weighted by atomic mass is 32.2. The van der Waals surface area contributed by atoms with Gasteiger partial charge in [-0.25, -0.2) is 4.40 Å². The average molecular weight is 357 g/mol. The number of rotatable bonds is 5. The molecule has 1 unspecified atom stereocenters. The lowest BCUT2D eigenvalue weighted by Crippen LogP contribution is -2.42. The topological polar surface area (TPSA) is 98.6 Å². The number of benzene rings is 2. The molecule has 0 bridgehead atoms. The van der Waals surface area contributed by atoms with Gasteiger partial charge in [-0.3, -0.25) is 20.2 Å². The molecule has 1 saturated carbocycles. The van der Waals surface area contributed by atoms with Crippen LogP contribution in [0.5, 0.6) is 0 Å². The molecule has 0 aliphatic heterocycles. The van der Waals surface area contributed by atoms with Crippen molar-refractivity contribution in [1.29, 1.82) is 0 Å². The summed E-state index contributed by atoms with van der Waals surface area (Å²) < 4.78 is 4.51. The Bertz CT molecular complexity index is 869. The van der Waals surface area contributed by atoms with Gasteiger partial charge in [0.25, 0.3) is 11.4 Å². The first-order chi connectivity index (χ1) is 11.9. The van der Waals surface area contributed by atoms with Gasteiger partial charge in [-0.15, -0.1) is 0 Å². The van der Waals surface area contributed by atoms with Crippen LogP contribution in [-0.4, -0.2) is 15.6 Å². The van der Waals surface area contributed by atoms with E-state index in [1.807, 2.05) is 30.3 Å². The van der Waals surface area contributed by atoms with E-state index in [0.717, 1.165) is 36.6 Å². The second kappa shape index (κ2) is 6.64. The van der Waals surface area contributed by atoms with Crippen LogP contribution in [0, 0.1) is 20.2 Å². The Balaban J connectivity index is 1.87. The van der Waals surface area contributed by atoms with Gasteiger partial charge in [0, 0.05) is 29.1 Å². The first kappa shape index (κ1) is 17.1. The van der Waals surface area contributed by atoms with Crippen LogP contribution in [0.3, 0.4) is 0 Å². The van der Waals surface area contributed by atoms with Gasteiger partial charge in [-0.05, 0) is 24.5 Å². The third-order valence-corrected chi connectivity index (χ3v) is 5.37. The van der Waals surface area contributed by atoms with Crippen molar-refractivity contribution in [3.63, 3.8) is 0 Å². The Morgan fingerprint density at radius 1 is 1.08 bits per heavy atom. The molecule has 25 heavy (non-hydrogen) atoms. The van der Waals surface area contributed by atoms with Gasteiger partial charge in [-0.1, -0.05) is 37.3 Å². The maximum Gasteiger partial charge on any atom is 0.291 e. The zero-order chi connectivity index (χ0) is 18.0. The summed E-state index contributed by atoms with van der Waals surface area (Å²) in [5.74, 6) is 0. The molecule has 8 heteroatoms. The Labute approximate surface area is 148 Å². The number of nitrogens with zero attached hydrogens (tertiary/aromatic N) is 3. The molecule has 1 aliphatic rings. The Hall–Kier alpha value is -2.74. The predicted octanol–water partition coefficient (Wildman–Crippen LogP) is 4.70. The molecule has 0 spiro atoms. The SMILES string of the molecule is CC1(c2ccccc2)CC/C1=N\Sc1ccc([N+](=O)[O-])cc1[N+](=O)[O-]. The molecule has 7 nitrogen and oxygen atoms in total. The van der Waals surface area contributed by atoms with Gasteiger partial charge >= 0.3 is 0 Å². The number of non-ortho nitro benzene ring substituents is 1. The highest BCUT2D eigenvalue weighted by molar-refractivity contribution is 7.98. The van der Waals surface area contributed by atoms with E-state index in [2.05, 4.69) is 11.3 Å². The maximum atomic E-state index is 11.2. The molecule has 0 amide bonds. The van der Waals surface area contributed by atoms with Crippen molar-refractivity contribution >= 4 is 29.0 Å². The first-order valence-corrected chi connectivity index (χ1v) is 8.42. The normalized spacial score (nSPS) is 20.9. The lowest BCUT2D eigenvalue weighted by atomic mass is 9.64. The van der Waals surface area contributed by atoms with Crippen molar-refractivity contribution < 1.29 is 9.85 Å². The van der Waals surface area contributed by atoms with Gasteiger partial charge in [0.05, 0.1) is 15.9 Å². The van der Waals surface area contributed by atoms with Crippen molar-refractivity contribution in [1.82, 2.24) is 0 Å². The summed E-state index contributed by atoms with van der Waals surface area (Å²) in [6.45, 7) is 2.11. The van der Waals surface area contributed by atoms with E-state index < -0.39 is 9.85 Å². The van der Waals surface area contributed by atoms with Crippen molar-refractivity contribution in [3.05, 3.63) is 74.3 Å². The third kappa shape index (κ3) is 3.25. The van der Waals surface area contributed by atoms with E-state index in [0.29, 0.717) is 4.90 Å². The Kier molecular flexibility index (Phi) is 4.54. The summed E-state index contributed by atoms with van der Waals surface area (Å²) in [6.07, 6.45) is 1.80. The van der Waals surface area contributed by atoms with Crippen LogP contribution < -0.4 is 0 Å². The fourth-order valence-corrected chi connectivity index (χ4v) is 3.68. The Morgan fingerprint density at radius 2 is 1.80 bits per heavy atom. The number of nitro benzene ring substituents is 2. The predicted molar refractivity (Wildman–Crippen MR) is 96.1 cm³/mol. The molecule has 0 aromatic heterocycles. The summed E-state index contributed by atoms with van der Waals surface area (Å²) in [5, 5.41) is 22.0. The third-order valence-electron chi connectivity index (χ3n) is 4.51. The van der Waals surface area contributed by atoms with Gasteiger partial charge < -0.3 is 0 Å². The van der Waals surface area contributed by atoms with E-state index in [9.17, 15) is 20.2 Å². The van der Waals surface area contributed by atoms with Crippen LogP contribution in [0.25, 0.3) is 0 Å². The minimum atomic E-state index is -0.647. The monoisotopic (exact) mass is 357 g/mol. The fourth-order valence-electron chi connectivity index (χ4n) is 2.82. The number of hydrogen-bond donors (Lipinski definition) is 0. The minimum Gasteiger partial charge on any atom is -0.258 e. The zero-order valence-corrected chi connectivity index (χ0v) is 14.2. The lowest BCUT2D eigenvalue weighted by Gasteiger charge is -2.40.